The van der Waals surface area contributed by atoms with Gasteiger partial charge in [-0.05, 0) is 42.3 Å². The van der Waals surface area contributed by atoms with E-state index in [1.165, 1.54) is 0 Å². The van der Waals surface area contributed by atoms with Crippen LogP contribution in [0.4, 0.5) is 0 Å². The first-order chi connectivity index (χ1) is 11.9. The molecule has 0 atom stereocenters. The molecule has 0 radical (unpaired) electrons. The van der Waals surface area contributed by atoms with Crippen LogP contribution in [-0.4, -0.2) is 33.5 Å². The molecule has 0 amide bonds. The van der Waals surface area contributed by atoms with Crippen LogP contribution >= 0.6 is 0 Å². The van der Waals surface area contributed by atoms with E-state index in [1.54, 1.807) is 64.8 Å². The summed E-state index contributed by atoms with van der Waals surface area (Å²) in [5, 5.41) is 11.8. The smallest absolute Gasteiger partial charge is 0.125 e. The van der Waals surface area contributed by atoms with Gasteiger partial charge in [0, 0.05) is 11.1 Å². The van der Waals surface area contributed by atoms with Crippen LogP contribution in [-0.2, 0) is 5.60 Å². The zero-order valence-corrected chi connectivity index (χ0v) is 15.6. The lowest BCUT2D eigenvalue weighted by Gasteiger charge is -2.35. The number of benzene rings is 2. The number of hydrogen-bond donors (Lipinski definition) is 1. The van der Waals surface area contributed by atoms with Gasteiger partial charge < -0.3 is 24.1 Å². The first kappa shape index (κ1) is 18.9. The maximum absolute atomic E-state index is 11.8. The number of aliphatic hydroxyl groups is 1. The van der Waals surface area contributed by atoms with Crippen molar-refractivity contribution in [1.29, 1.82) is 0 Å². The molecule has 0 bridgehead atoms. The molecule has 2 rings (SSSR count). The number of methoxy groups -OCH3 is 4. The molecule has 25 heavy (non-hydrogen) atoms. The van der Waals surface area contributed by atoms with Gasteiger partial charge in [0.1, 0.15) is 28.6 Å². The molecule has 0 heterocycles. The van der Waals surface area contributed by atoms with Crippen molar-refractivity contribution in [3.8, 4) is 23.0 Å². The Morgan fingerprint density at radius 2 is 1.12 bits per heavy atom. The maximum atomic E-state index is 11.8. The third-order valence-electron chi connectivity index (χ3n) is 4.47. The predicted octanol–water partition coefficient (Wildman–Crippen LogP) is 3.61. The van der Waals surface area contributed by atoms with E-state index in [9.17, 15) is 5.11 Å². The molecule has 136 valence electrons. The van der Waals surface area contributed by atoms with Crippen molar-refractivity contribution >= 4 is 0 Å². The van der Waals surface area contributed by atoms with E-state index in [4.69, 9.17) is 18.9 Å². The summed E-state index contributed by atoms with van der Waals surface area (Å²) in [7, 11) is 6.34. The number of rotatable bonds is 7. The first-order valence-electron chi connectivity index (χ1n) is 8.09. The van der Waals surface area contributed by atoms with Gasteiger partial charge in [-0.25, -0.2) is 0 Å². The average Bonchev–Trinajstić information content (AvgIpc) is 2.65. The van der Waals surface area contributed by atoms with E-state index >= 15 is 0 Å². The monoisotopic (exact) mass is 346 g/mol. The standard InChI is InChI=1S/C20H26O5/c1-13(2)20(21,16-11-14(22-3)7-9-18(16)24-5)17-12-15(23-4)8-10-19(17)25-6/h7-13,21H,1-6H3. The van der Waals surface area contributed by atoms with Crippen molar-refractivity contribution in [3.63, 3.8) is 0 Å². The zero-order chi connectivity index (χ0) is 18.6. The molecule has 5 nitrogen and oxygen atoms in total. The van der Waals surface area contributed by atoms with E-state index in [2.05, 4.69) is 0 Å². The van der Waals surface area contributed by atoms with Gasteiger partial charge in [-0.3, -0.25) is 0 Å². The van der Waals surface area contributed by atoms with Gasteiger partial charge in [-0.15, -0.1) is 0 Å². The Balaban J connectivity index is 2.80. The maximum Gasteiger partial charge on any atom is 0.125 e. The molecule has 0 aliphatic rings. The summed E-state index contributed by atoms with van der Waals surface area (Å²) in [6.45, 7) is 3.88. The molecule has 5 heteroatoms. The summed E-state index contributed by atoms with van der Waals surface area (Å²) in [5.41, 5.74) is -0.147. The van der Waals surface area contributed by atoms with E-state index in [0.717, 1.165) is 0 Å². The lowest BCUT2D eigenvalue weighted by Crippen LogP contribution is -2.34. The Morgan fingerprint density at radius 3 is 1.40 bits per heavy atom. The highest BCUT2D eigenvalue weighted by molar-refractivity contribution is 5.54. The van der Waals surface area contributed by atoms with Gasteiger partial charge in [-0.2, -0.15) is 0 Å². The minimum atomic E-state index is -1.36. The summed E-state index contributed by atoms with van der Waals surface area (Å²) in [4.78, 5) is 0. The van der Waals surface area contributed by atoms with E-state index in [1.807, 2.05) is 13.8 Å². The molecule has 0 aliphatic heterocycles. The topological polar surface area (TPSA) is 57.2 Å². The Bertz CT molecular complexity index is 669. The fourth-order valence-electron chi connectivity index (χ4n) is 2.99. The Morgan fingerprint density at radius 1 is 0.720 bits per heavy atom. The highest BCUT2D eigenvalue weighted by Crippen LogP contribution is 2.46. The van der Waals surface area contributed by atoms with Crippen molar-refractivity contribution in [1.82, 2.24) is 0 Å². The molecule has 0 fully saturated rings. The third kappa shape index (κ3) is 3.37. The van der Waals surface area contributed by atoms with Gasteiger partial charge in [0.05, 0.1) is 28.4 Å². The van der Waals surface area contributed by atoms with Gasteiger partial charge >= 0.3 is 0 Å². The normalized spacial score (nSPS) is 11.4. The SMILES string of the molecule is COc1ccc(OC)c(C(O)(c2cc(OC)ccc2OC)C(C)C)c1. The number of ether oxygens (including phenoxy) is 4. The Labute approximate surface area is 149 Å². The van der Waals surface area contributed by atoms with E-state index in [-0.39, 0.29) is 5.92 Å². The third-order valence-corrected chi connectivity index (χ3v) is 4.47. The van der Waals surface area contributed by atoms with Gasteiger partial charge in [0.25, 0.3) is 0 Å². The second-order valence-electron chi connectivity index (χ2n) is 6.05. The second kappa shape index (κ2) is 7.66. The lowest BCUT2D eigenvalue weighted by atomic mass is 9.76. The van der Waals surface area contributed by atoms with Crippen molar-refractivity contribution in [2.45, 2.75) is 19.4 Å². The zero-order valence-electron chi connectivity index (χ0n) is 15.6. The van der Waals surface area contributed by atoms with E-state index < -0.39 is 5.60 Å². The molecule has 2 aromatic rings. The molecule has 0 spiro atoms. The highest BCUT2D eigenvalue weighted by Gasteiger charge is 2.40. The van der Waals surface area contributed by atoms with Crippen LogP contribution in [0.3, 0.4) is 0 Å². The Hall–Kier alpha value is -2.40. The summed E-state index contributed by atoms with van der Waals surface area (Å²) >= 11 is 0. The fourth-order valence-corrected chi connectivity index (χ4v) is 2.99. The summed E-state index contributed by atoms with van der Waals surface area (Å²) in [5.74, 6) is 2.24. The fraction of sp³-hybridized carbons (Fsp3) is 0.400. The minimum Gasteiger partial charge on any atom is -0.497 e. The van der Waals surface area contributed by atoms with Gasteiger partial charge in [0.15, 0.2) is 0 Å². The van der Waals surface area contributed by atoms with Crippen LogP contribution in [0.5, 0.6) is 23.0 Å². The molecule has 0 aromatic heterocycles. The van der Waals surface area contributed by atoms with Crippen molar-refractivity contribution in [2.24, 2.45) is 5.92 Å². The van der Waals surface area contributed by atoms with Crippen LogP contribution in [0.25, 0.3) is 0 Å². The Kier molecular flexibility index (Phi) is 5.80. The first-order valence-corrected chi connectivity index (χ1v) is 8.09. The van der Waals surface area contributed by atoms with Gasteiger partial charge in [-0.1, -0.05) is 13.8 Å². The largest absolute Gasteiger partial charge is 0.497 e. The van der Waals surface area contributed by atoms with Crippen LogP contribution < -0.4 is 18.9 Å². The second-order valence-corrected chi connectivity index (χ2v) is 6.05. The lowest BCUT2D eigenvalue weighted by molar-refractivity contribution is 0.0268. The summed E-state index contributed by atoms with van der Waals surface area (Å²) < 4.78 is 21.7. The van der Waals surface area contributed by atoms with Crippen LogP contribution in [0.15, 0.2) is 36.4 Å². The molecule has 2 aromatic carbocycles. The molecule has 0 aliphatic carbocycles. The van der Waals surface area contributed by atoms with E-state index in [0.29, 0.717) is 34.1 Å². The van der Waals surface area contributed by atoms with Crippen LogP contribution in [0.2, 0.25) is 0 Å². The summed E-state index contributed by atoms with van der Waals surface area (Å²) in [6.07, 6.45) is 0. The summed E-state index contributed by atoms with van der Waals surface area (Å²) in [6, 6.07) is 10.7. The van der Waals surface area contributed by atoms with Crippen molar-refractivity contribution in [3.05, 3.63) is 47.5 Å². The van der Waals surface area contributed by atoms with Gasteiger partial charge in [0.2, 0.25) is 0 Å². The number of hydrogen-bond acceptors (Lipinski definition) is 5. The van der Waals surface area contributed by atoms with Crippen molar-refractivity contribution in [2.75, 3.05) is 28.4 Å². The molecule has 1 N–H and O–H groups in total. The quantitative estimate of drug-likeness (QED) is 0.830. The van der Waals surface area contributed by atoms with Crippen molar-refractivity contribution < 1.29 is 24.1 Å². The molecular weight excluding hydrogens is 320 g/mol. The average molecular weight is 346 g/mol. The molecule has 0 unspecified atom stereocenters. The molecule has 0 saturated carbocycles. The predicted molar refractivity (Wildman–Crippen MR) is 96.9 cm³/mol. The minimum absolute atomic E-state index is 0.172. The molecule has 0 saturated heterocycles. The van der Waals surface area contributed by atoms with Crippen LogP contribution in [0.1, 0.15) is 25.0 Å². The molecular formula is C20H26O5. The highest BCUT2D eigenvalue weighted by atomic mass is 16.5. The van der Waals surface area contributed by atoms with Crippen LogP contribution in [0, 0.1) is 5.92 Å².